The predicted molar refractivity (Wildman–Crippen MR) is 72.7 cm³/mol. The smallest absolute Gasteiger partial charge is 0.160 e. The SMILES string of the molecule is CC1CCNCC1N(C)c1ncnc2c1CC=N2. The summed E-state index contributed by atoms with van der Waals surface area (Å²) < 4.78 is 0. The zero-order valence-electron chi connectivity index (χ0n) is 10.9. The molecule has 3 rings (SSSR count). The van der Waals surface area contributed by atoms with Crippen LogP contribution in [-0.4, -0.2) is 42.4 Å². The molecule has 18 heavy (non-hydrogen) atoms. The largest absolute Gasteiger partial charge is 0.355 e. The maximum absolute atomic E-state index is 4.47. The zero-order chi connectivity index (χ0) is 12.5. The first-order chi connectivity index (χ1) is 8.77. The maximum atomic E-state index is 4.47. The van der Waals surface area contributed by atoms with Crippen molar-refractivity contribution in [3.8, 4) is 0 Å². The number of fused-ring (bicyclic) bond motifs is 1. The second-order valence-corrected chi connectivity index (χ2v) is 5.16. The van der Waals surface area contributed by atoms with Gasteiger partial charge in [-0.25, -0.2) is 15.0 Å². The molecule has 1 aromatic heterocycles. The summed E-state index contributed by atoms with van der Waals surface area (Å²) in [5, 5.41) is 3.47. The van der Waals surface area contributed by atoms with Crippen molar-refractivity contribution in [2.45, 2.75) is 25.8 Å². The van der Waals surface area contributed by atoms with Crippen LogP contribution < -0.4 is 10.2 Å². The predicted octanol–water partition coefficient (Wildman–Crippen LogP) is 1.17. The van der Waals surface area contributed by atoms with Crippen molar-refractivity contribution in [3.05, 3.63) is 11.9 Å². The van der Waals surface area contributed by atoms with Crippen LogP contribution in [0, 0.1) is 5.92 Å². The molecule has 5 nitrogen and oxygen atoms in total. The lowest BCUT2D eigenvalue weighted by molar-refractivity contribution is 0.337. The molecule has 0 spiro atoms. The van der Waals surface area contributed by atoms with Gasteiger partial charge in [0.05, 0.1) is 0 Å². The summed E-state index contributed by atoms with van der Waals surface area (Å²) in [7, 11) is 2.13. The van der Waals surface area contributed by atoms with Crippen molar-refractivity contribution >= 4 is 17.9 Å². The summed E-state index contributed by atoms with van der Waals surface area (Å²) >= 11 is 0. The van der Waals surface area contributed by atoms with E-state index in [1.807, 2.05) is 6.21 Å². The van der Waals surface area contributed by atoms with Crippen LogP contribution in [0.3, 0.4) is 0 Å². The van der Waals surface area contributed by atoms with Crippen LogP contribution in [0.1, 0.15) is 18.9 Å². The van der Waals surface area contributed by atoms with Gasteiger partial charge in [-0.2, -0.15) is 0 Å². The van der Waals surface area contributed by atoms with Crippen molar-refractivity contribution in [1.29, 1.82) is 0 Å². The fraction of sp³-hybridized carbons (Fsp3) is 0.615. The summed E-state index contributed by atoms with van der Waals surface area (Å²) in [6.45, 7) is 4.47. The van der Waals surface area contributed by atoms with Crippen LogP contribution in [0.4, 0.5) is 11.6 Å². The van der Waals surface area contributed by atoms with Crippen LogP contribution in [0.15, 0.2) is 11.3 Å². The van der Waals surface area contributed by atoms with E-state index in [0.717, 1.165) is 36.7 Å². The Bertz CT molecular complexity index is 470. The topological polar surface area (TPSA) is 53.4 Å². The minimum Gasteiger partial charge on any atom is -0.355 e. The van der Waals surface area contributed by atoms with Gasteiger partial charge in [-0.3, -0.25) is 0 Å². The van der Waals surface area contributed by atoms with E-state index in [-0.39, 0.29) is 0 Å². The number of nitrogens with one attached hydrogen (secondary N) is 1. The minimum absolute atomic E-state index is 0.498. The Hall–Kier alpha value is -1.49. The standard InChI is InChI=1S/C13H19N5/c1-9-3-5-14-7-11(9)18(2)13-10-4-6-15-12(10)16-8-17-13/h6,8-9,11,14H,3-5,7H2,1-2H3. The Kier molecular flexibility index (Phi) is 2.99. The Morgan fingerprint density at radius 3 is 3.11 bits per heavy atom. The molecule has 96 valence electrons. The molecule has 2 aliphatic rings. The molecule has 2 unspecified atom stereocenters. The summed E-state index contributed by atoms with van der Waals surface area (Å²) in [6.07, 6.45) is 5.61. The lowest BCUT2D eigenvalue weighted by atomic mass is 9.93. The molecule has 1 N–H and O–H groups in total. The monoisotopic (exact) mass is 245 g/mol. The zero-order valence-corrected chi connectivity index (χ0v) is 10.9. The van der Waals surface area contributed by atoms with Gasteiger partial charge in [0.1, 0.15) is 12.1 Å². The van der Waals surface area contributed by atoms with Crippen LogP contribution >= 0.6 is 0 Å². The molecule has 2 aliphatic heterocycles. The van der Waals surface area contributed by atoms with Crippen molar-refractivity contribution in [2.75, 3.05) is 25.0 Å². The number of hydrogen-bond acceptors (Lipinski definition) is 5. The average molecular weight is 245 g/mol. The lowest BCUT2D eigenvalue weighted by Crippen LogP contribution is -2.49. The van der Waals surface area contributed by atoms with Crippen molar-refractivity contribution in [3.63, 3.8) is 0 Å². The molecule has 2 atom stereocenters. The van der Waals surface area contributed by atoms with E-state index in [9.17, 15) is 0 Å². The summed E-state index contributed by atoms with van der Waals surface area (Å²) in [5.74, 6) is 2.56. The van der Waals surface area contributed by atoms with Gasteiger partial charge in [-0.1, -0.05) is 6.92 Å². The molecular formula is C13H19N5. The van der Waals surface area contributed by atoms with Gasteiger partial charge in [0.15, 0.2) is 5.82 Å². The van der Waals surface area contributed by atoms with E-state index in [4.69, 9.17) is 0 Å². The number of hydrogen-bond donors (Lipinski definition) is 1. The highest BCUT2D eigenvalue weighted by atomic mass is 15.2. The number of rotatable bonds is 2. The summed E-state index contributed by atoms with van der Waals surface area (Å²) in [6, 6.07) is 0.498. The first-order valence-corrected chi connectivity index (χ1v) is 6.57. The Labute approximate surface area is 107 Å². The van der Waals surface area contributed by atoms with Gasteiger partial charge < -0.3 is 10.2 Å². The highest BCUT2D eigenvalue weighted by Crippen LogP contribution is 2.31. The maximum Gasteiger partial charge on any atom is 0.160 e. The summed E-state index contributed by atoms with van der Waals surface area (Å²) in [5.41, 5.74) is 1.16. The van der Waals surface area contributed by atoms with Gasteiger partial charge in [-0.15, -0.1) is 0 Å². The van der Waals surface area contributed by atoms with Crippen molar-refractivity contribution in [1.82, 2.24) is 15.3 Å². The molecule has 0 aliphatic carbocycles. The van der Waals surface area contributed by atoms with Gasteiger partial charge in [0, 0.05) is 37.8 Å². The van der Waals surface area contributed by atoms with E-state index in [1.165, 1.54) is 6.42 Å². The van der Waals surface area contributed by atoms with Crippen LogP contribution in [0.25, 0.3) is 0 Å². The van der Waals surface area contributed by atoms with Gasteiger partial charge in [-0.05, 0) is 18.9 Å². The number of nitrogens with zero attached hydrogens (tertiary/aromatic N) is 4. The first-order valence-electron chi connectivity index (χ1n) is 6.57. The van der Waals surface area contributed by atoms with Crippen molar-refractivity contribution in [2.24, 2.45) is 10.9 Å². The van der Waals surface area contributed by atoms with Gasteiger partial charge in [0.2, 0.25) is 0 Å². The van der Waals surface area contributed by atoms with E-state index in [0.29, 0.717) is 12.0 Å². The molecule has 0 aromatic carbocycles. The van der Waals surface area contributed by atoms with Gasteiger partial charge in [0.25, 0.3) is 0 Å². The van der Waals surface area contributed by atoms with E-state index in [1.54, 1.807) is 6.33 Å². The van der Waals surface area contributed by atoms with E-state index in [2.05, 4.69) is 39.1 Å². The number of aromatic nitrogens is 2. The third-order valence-corrected chi connectivity index (χ3v) is 4.03. The Morgan fingerprint density at radius 1 is 1.39 bits per heavy atom. The van der Waals surface area contributed by atoms with Crippen LogP contribution in [0.2, 0.25) is 0 Å². The summed E-state index contributed by atoms with van der Waals surface area (Å²) in [4.78, 5) is 15.3. The van der Waals surface area contributed by atoms with Crippen LogP contribution in [-0.2, 0) is 6.42 Å². The third kappa shape index (κ3) is 1.88. The molecule has 0 radical (unpaired) electrons. The lowest BCUT2D eigenvalue weighted by Gasteiger charge is -2.37. The molecule has 1 saturated heterocycles. The first kappa shape index (κ1) is 11.6. The molecular weight excluding hydrogens is 226 g/mol. The highest BCUT2D eigenvalue weighted by Gasteiger charge is 2.28. The normalized spacial score (nSPS) is 26.1. The number of likely N-dealkylation sites (N-methyl/N-ethyl adjacent to an activating group) is 1. The van der Waals surface area contributed by atoms with E-state index >= 15 is 0 Å². The minimum atomic E-state index is 0.498. The molecule has 3 heterocycles. The molecule has 0 bridgehead atoms. The fourth-order valence-corrected chi connectivity index (χ4v) is 2.86. The third-order valence-electron chi connectivity index (χ3n) is 4.03. The number of aliphatic imine (C=N–C) groups is 1. The second-order valence-electron chi connectivity index (χ2n) is 5.16. The molecule has 1 aromatic rings. The molecule has 0 saturated carbocycles. The van der Waals surface area contributed by atoms with Crippen LogP contribution in [0.5, 0.6) is 0 Å². The fourth-order valence-electron chi connectivity index (χ4n) is 2.86. The Balaban J connectivity index is 1.88. The average Bonchev–Trinajstić information content (AvgIpc) is 2.86. The number of anilines is 1. The van der Waals surface area contributed by atoms with E-state index < -0.39 is 0 Å². The van der Waals surface area contributed by atoms with Gasteiger partial charge >= 0.3 is 0 Å². The van der Waals surface area contributed by atoms with Crippen molar-refractivity contribution < 1.29 is 0 Å². The Morgan fingerprint density at radius 2 is 2.28 bits per heavy atom. The highest BCUT2D eigenvalue weighted by molar-refractivity contribution is 5.78. The quantitative estimate of drug-likeness (QED) is 0.850. The second kappa shape index (κ2) is 4.65. The number of piperidine rings is 1. The molecule has 5 heteroatoms. The molecule has 0 amide bonds. The molecule has 1 fully saturated rings.